The molecule has 1 N–H and O–H groups in total. The Morgan fingerprint density at radius 1 is 0.789 bits per heavy atom. The maximum Gasteiger partial charge on any atom is 0.193 e. The van der Waals surface area contributed by atoms with Gasteiger partial charge in [-0.15, -0.1) is 0 Å². The van der Waals surface area contributed by atoms with Crippen molar-refractivity contribution in [2.45, 2.75) is 148 Å². The monoisotopic (exact) mass is 586 g/mol. The van der Waals surface area contributed by atoms with E-state index >= 15 is 0 Å². The highest BCUT2D eigenvalue weighted by molar-refractivity contribution is 6.75. The van der Waals surface area contributed by atoms with E-state index in [1.165, 1.54) is 0 Å². The molecule has 0 aromatic rings. The molecule has 1 rings (SSSR count). The Hall–Kier alpha value is -0.0694. The van der Waals surface area contributed by atoms with Crippen molar-refractivity contribution in [3.05, 3.63) is 23.8 Å². The second-order valence-electron chi connectivity index (χ2n) is 15.7. The molecule has 5 nitrogen and oxygen atoms in total. The summed E-state index contributed by atoms with van der Waals surface area (Å²) >= 11 is 0. The fraction of sp³-hybridized carbons (Fsp3) is 0.867. The first-order valence-electron chi connectivity index (χ1n) is 14.5. The first-order chi connectivity index (χ1) is 16.9. The van der Waals surface area contributed by atoms with Crippen LogP contribution in [0.2, 0.25) is 54.4 Å². The Morgan fingerprint density at radius 3 is 1.71 bits per heavy atom. The molecule has 38 heavy (non-hydrogen) atoms. The normalized spacial score (nSPS) is 23.8. The molecule has 0 saturated heterocycles. The standard InChI is InChI=1S/C30H62O5Si3/c1-23-24(18-19-31)22-25(34-37(13,14)29(5,6)7)27(26(23)35-38(15,16)30(8,9)10)32-20-17-21-33-36(11,12)28(2,3)4/h18,25-27,31H,1,17,19-22H2,2-16H3/b24-18-/t25-,26+,27-/m1/s1. The molecule has 1 aliphatic rings. The molecule has 1 saturated carbocycles. The summed E-state index contributed by atoms with van der Waals surface area (Å²) in [5.41, 5.74) is 1.95. The van der Waals surface area contributed by atoms with Crippen LogP contribution in [0, 0.1) is 0 Å². The number of hydrogen-bond acceptors (Lipinski definition) is 5. The van der Waals surface area contributed by atoms with Gasteiger partial charge in [-0.1, -0.05) is 75.0 Å². The fourth-order valence-corrected chi connectivity index (χ4v) is 7.36. The van der Waals surface area contributed by atoms with E-state index in [1.807, 2.05) is 6.08 Å². The van der Waals surface area contributed by atoms with Crippen molar-refractivity contribution in [2.75, 3.05) is 19.8 Å². The van der Waals surface area contributed by atoms with Crippen LogP contribution in [0.15, 0.2) is 23.8 Å². The quantitative estimate of drug-likeness (QED) is 0.194. The van der Waals surface area contributed by atoms with Crippen molar-refractivity contribution < 1.29 is 23.1 Å². The highest BCUT2D eigenvalue weighted by Crippen LogP contribution is 2.45. The third-order valence-electron chi connectivity index (χ3n) is 9.53. The molecular formula is C30H62O5Si3. The smallest absolute Gasteiger partial charge is 0.193 e. The summed E-state index contributed by atoms with van der Waals surface area (Å²) in [6.07, 6.45) is 2.65. The van der Waals surface area contributed by atoms with E-state index in [9.17, 15) is 5.11 Å². The van der Waals surface area contributed by atoms with Crippen LogP contribution in [0.25, 0.3) is 0 Å². The molecule has 1 aliphatic carbocycles. The van der Waals surface area contributed by atoms with Gasteiger partial charge in [-0.05, 0) is 72.0 Å². The van der Waals surface area contributed by atoms with Crippen molar-refractivity contribution in [1.29, 1.82) is 0 Å². The van der Waals surface area contributed by atoms with Gasteiger partial charge in [0.25, 0.3) is 0 Å². The molecule has 8 heteroatoms. The number of ether oxygens (including phenoxy) is 1. The molecule has 0 bridgehead atoms. The number of aliphatic hydroxyl groups is 1. The van der Waals surface area contributed by atoms with Crippen LogP contribution in [0.1, 0.15) is 75.2 Å². The minimum Gasteiger partial charge on any atom is -0.417 e. The summed E-state index contributed by atoms with van der Waals surface area (Å²) in [5, 5.41) is 10.1. The van der Waals surface area contributed by atoms with Gasteiger partial charge in [0.05, 0.1) is 18.8 Å². The van der Waals surface area contributed by atoms with E-state index in [4.69, 9.17) is 18.0 Å². The summed E-state index contributed by atoms with van der Waals surface area (Å²) in [6.45, 7) is 39.8. The summed E-state index contributed by atoms with van der Waals surface area (Å²) in [5.74, 6) is 0. The number of rotatable bonds is 11. The van der Waals surface area contributed by atoms with E-state index in [2.05, 4.69) is 108 Å². The van der Waals surface area contributed by atoms with Crippen molar-refractivity contribution >= 4 is 25.0 Å². The zero-order valence-electron chi connectivity index (χ0n) is 27.6. The maximum atomic E-state index is 9.80. The highest BCUT2D eigenvalue weighted by atomic mass is 28.4. The van der Waals surface area contributed by atoms with Crippen molar-refractivity contribution in [3.63, 3.8) is 0 Å². The molecule has 3 atom stereocenters. The van der Waals surface area contributed by atoms with Gasteiger partial charge in [0.2, 0.25) is 0 Å². The largest absolute Gasteiger partial charge is 0.417 e. The zero-order valence-corrected chi connectivity index (χ0v) is 30.6. The average molecular weight is 587 g/mol. The van der Waals surface area contributed by atoms with Crippen LogP contribution in [0.4, 0.5) is 0 Å². The number of aliphatic hydroxyl groups excluding tert-OH is 1. The Morgan fingerprint density at radius 2 is 1.26 bits per heavy atom. The van der Waals surface area contributed by atoms with Crippen LogP contribution in [-0.4, -0.2) is 68.2 Å². The predicted octanol–water partition coefficient (Wildman–Crippen LogP) is 8.44. The van der Waals surface area contributed by atoms with Crippen LogP contribution >= 0.6 is 0 Å². The average Bonchev–Trinajstić information content (AvgIpc) is 2.70. The lowest BCUT2D eigenvalue weighted by Gasteiger charge is -2.49. The molecule has 224 valence electrons. The summed E-state index contributed by atoms with van der Waals surface area (Å²) in [7, 11) is -6.04. The minimum atomic E-state index is -2.15. The third kappa shape index (κ3) is 9.23. The molecule has 1 fully saturated rings. The van der Waals surface area contributed by atoms with Gasteiger partial charge in [0.15, 0.2) is 25.0 Å². The van der Waals surface area contributed by atoms with Gasteiger partial charge >= 0.3 is 0 Å². The van der Waals surface area contributed by atoms with Crippen molar-refractivity contribution in [1.82, 2.24) is 0 Å². The highest BCUT2D eigenvalue weighted by Gasteiger charge is 2.49. The van der Waals surface area contributed by atoms with Crippen LogP contribution in [0.3, 0.4) is 0 Å². The Labute approximate surface area is 239 Å². The first-order valence-corrected chi connectivity index (χ1v) is 23.2. The van der Waals surface area contributed by atoms with E-state index < -0.39 is 25.0 Å². The van der Waals surface area contributed by atoms with E-state index in [1.54, 1.807) is 0 Å². The minimum absolute atomic E-state index is 0.0235. The second-order valence-corrected chi connectivity index (χ2v) is 30.0. The SMILES string of the molecule is C=C1/C(=C\CO)C[C@@H](O[Si](C)(C)C(C)(C)C)[C@@H](OCCCO[Si](C)(C)C(C)(C)C)[C@H]1O[Si](C)(C)C(C)(C)C. The Bertz CT molecular complexity index is 813. The lowest BCUT2D eigenvalue weighted by Crippen LogP contribution is -2.57. The van der Waals surface area contributed by atoms with Crippen molar-refractivity contribution in [3.8, 4) is 0 Å². The van der Waals surface area contributed by atoms with Gasteiger partial charge in [-0.2, -0.15) is 0 Å². The summed E-state index contributed by atoms with van der Waals surface area (Å²) in [4.78, 5) is 0. The second kappa shape index (κ2) is 12.8. The van der Waals surface area contributed by atoms with E-state index in [0.717, 1.165) is 17.6 Å². The van der Waals surface area contributed by atoms with Gasteiger partial charge in [0, 0.05) is 19.6 Å². The third-order valence-corrected chi connectivity index (χ3v) is 23.0. The molecule has 0 aliphatic heterocycles. The van der Waals surface area contributed by atoms with Crippen LogP contribution in [-0.2, 0) is 18.0 Å². The van der Waals surface area contributed by atoms with E-state index in [-0.39, 0.29) is 40.0 Å². The molecule has 0 aromatic heterocycles. The lowest BCUT2D eigenvalue weighted by atomic mass is 9.84. The molecule has 0 amide bonds. The first kappa shape index (κ1) is 36.0. The predicted molar refractivity (Wildman–Crippen MR) is 171 cm³/mol. The Balaban J connectivity index is 3.30. The molecule has 0 aromatic carbocycles. The summed E-state index contributed by atoms with van der Waals surface area (Å²) < 4.78 is 27.2. The fourth-order valence-electron chi connectivity index (χ4n) is 3.68. The Kier molecular flexibility index (Phi) is 12.2. The number of hydrogen-bond donors (Lipinski definition) is 1. The van der Waals surface area contributed by atoms with Gasteiger partial charge in [0.1, 0.15) is 6.10 Å². The maximum absolute atomic E-state index is 9.80. The molecule has 0 unspecified atom stereocenters. The van der Waals surface area contributed by atoms with Gasteiger partial charge < -0.3 is 23.1 Å². The molecular weight excluding hydrogens is 525 g/mol. The molecule has 0 spiro atoms. The molecule has 0 heterocycles. The van der Waals surface area contributed by atoms with Crippen LogP contribution in [0.5, 0.6) is 0 Å². The lowest BCUT2D eigenvalue weighted by molar-refractivity contribution is -0.0880. The summed E-state index contributed by atoms with van der Waals surface area (Å²) in [6, 6.07) is 0. The topological polar surface area (TPSA) is 57.2 Å². The van der Waals surface area contributed by atoms with Gasteiger partial charge in [-0.3, -0.25) is 0 Å². The molecule has 0 radical (unpaired) electrons. The van der Waals surface area contributed by atoms with Gasteiger partial charge in [-0.25, -0.2) is 0 Å². The van der Waals surface area contributed by atoms with Crippen LogP contribution < -0.4 is 0 Å². The zero-order chi connectivity index (χ0) is 30.0. The van der Waals surface area contributed by atoms with E-state index in [0.29, 0.717) is 19.6 Å². The van der Waals surface area contributed by atoms with Crippen molar-refractivity contribution in [2.24, 2.45) is 0 Å².